The third kappa shape index (κ3) is 6.38. The highest BCUT2D eigenvalue weighted by Gasteiger charge is 2.44. The second kappa shape index (κ2) is 13.3. The Morgan fingerprint density at radius 1 is 0.784 bits per heavy atom. The van der Waals surface area contributed by atoms with Crippen LogP contribution in [0.4, 0.5) is 0 Å². The van der Waals surface area contributed by atoms with Crippen LogP contribution in [0.3, 0.4) is 0 Å². The summed E-state index contributed by atoms with van der Waals surface area (Å²) in [6, 6.07) is 11.5. The van der Waals surface area contributed by atoms with E-state index in [-0.39, 0.29) is 81.6 Å². The van der Waals surface area contributed by atoms with Gasteiger partial charge in [-0.1, -0.05) is 29.4 Å². The third-order valence-electron chi connectivity index (χ3n) is 9.67. The third-order valence-corrected chi connectivity index (χ3v) is 9.67. The average Bonchev–Trinajstić information content (AvgIpc) is 3.03. The van der Waals surface area contributed by atoms with Crippen LogP contribution in [0.2, 0.25) is 0 Å². The van der Waals surface area contributed by atoms with E-state index in [0.717, 1.165) is 23.3 Å². The molecular formula is C40H38O11. The van der Waals surface area contributed by atoms with Gasteiger partial charge in [0.25, 0.3) is 0 Å². The molecule has 4 aromatic carbocycles. The van der Waals surface area contributed by atoms with Crippen LogP contribution >= 0.6 is 0 Å². The maximum absolute atomic E-state index is 14.8. The molecule has 8 N–H and O–H groups in total. The van der Waals surface area contributed by atoms with Gasteiger partial charge in [-0.2, -0.15) is 0 Å². The van der Waals surface area contributed by atoms with Crippen molar-refractivity contribution in [3.63, 3.8) is 0 Å². The molecule has 2 unspecified atom stereocenters. The molecule has 6 rings (SSSR count). The first-order chi connectivity index (χ1) is 24.2. The molecule has 0 radical (unpaired) electrons. The molecule has 4 aromatic rings. The zero-order chi connectivity index (χ0) is 36.9. The number of ketones is 2. The van der Waals surface area contributed by atoms with Gasteiger partial charge in [0, 0.05) is 52.6 Å². The molecule has 0 bridgehead atoms. The van der Waals surface area contributed by atoms with E-state index in [1.165, 1.54) is 42.5 Å². The lowest BCUT2D eigenvalue weighted by molar-refractivity contribution is 0.0841. The zero-order valence-electron chi connectivity index (χ0n) is 28.1. The summed E-state index contributed by atoms with van der Waals surface area (Å²) in [7, 11) is 0. The summed E-state index contributed by atoms with van der Waals surface area (Å²) in [5, 5.41) is 86.7. The molecule has 0 aromatic heterocycles. The van der Waals surface area contributed by atoms with Gasteiger partial charge in [0.15, 0.2) is 11.6 Å². The van der Waals surface area contributed by atoms with E-state index in [4.69, 9.17) is 4.74 Å². The number of phenols is 8. The van der Waals surface area contributed by atoms with Crippen LogP contribution in [0, 0.1) is 5.92 Å². The number of fused-ring (bicyclic) bond motifs is 1. The number of carbonyl (C=O) groups excluding carboxylic acids is 2. The number of hydrogen-bond acceptors (Lipinski definition) is 11. The molecule has 11 nitrogen and oxygen atoms in total. The minimum Gasteiger partial charge on any atom is -0.508 e. The fourth-order valence-electron chi connectivity index (χ4n) is 7.27. The topological polar surface area (TPSA) is 205 Å². The van der Waals surface area contributed by atoms with Gasteiger partial charge in [-0.25, -0.2) is 0 Å². The largest absolute Gasteiger partial charge is 0.508 e. The van der Waals surface area contributed by atoms with Crippen LogP contribution in [0.25, 0.3) is 0 Å². The maximum atomic E-state index is 14.8. The lowest BCUT2D eigenvalue weighted by Gasteiger charge is -2.38. The smallest absolute Gasteiger partial charge is 0.174 e. The molecule has 2 aliphatic rings. The number of ether oxygens (including phenoxy) is 1. The fourth-order valence-corrected chi connectivity index (χ4v) is 7.27. The van der Waals surface area contributed by atoms with Crippen LogP contribution in [-0.2, 0) is 6.42 Å². The first kappa shape index (κ1) is 34.8. The van der Waals surface area contributed by atoms with E-state index < -0.39 is 52.7 Å². The predicted octanol–water partition coefficient (Wildman–Crippen LogP) is 7.26. The summed E-state index contributed by atoms with van der Waals surface area (Å²) < 4.78 is 5.99. The van der Waals surface area contributed by atoms with Gasteiger partial charge in [-0.3, -0.25) is 9.59 Å². The van der Waals surface area contributed by atoms with Gasteiger partial charge >= 0.3 is 0 Å². The molecule has 51 heavy (non-hydrogen) atoms. The summed E-state index contributed by atoms with van der Waals surface area (Å²) >= 11 is 0. The number of hydrogen-bond donors (Lipinski definition) is 8. The minimum absolute atomic E-state index is 0.0724. The van der Waals surface area contributed by atoms with Crippen molar-refractivity contribution in [3.8, 4) is 51.7 Å². The first-order valence-electron chi connectivity index (χ1n) is 16.4. The molecule has 0 amide bonds. The van der Waals surface area contributed by atoms with E-state index in [0.29, 0.717) is 5.56 Å². The molecule has 0 spiro atoms. The first-order valence-corrected chi connectivity index (χ1v) is 16.4. The summed E-state index contributed by atoms with van der Waals surface area (Å²) in [4.78, 5) is 28.0. The molecule has 4 atom stereocenters. The van der Waals surface area contributed by atoms with Crippen LogP contribution < -0.4 is 4.74 Å². The summed E-state index contributed by atoms with van der Waals surface area (Å²) in [6.07, 6.45) is 2.49. The lowest BCUT2D eigenvalue weighted by atomic mass is 9.65. The van der Waals surface area contributed by atoms with Gasteiger partial charge in [-0.05, 0) is 69.5 Å². The normalized spacial score (nSPS) is 19.8. The number of Topliss-reactive ketones (excluding diaryl/α,β-unsaturated/α-hetero) is 2. The molecule has 0 saturated carbocycles. The van der Waals surface area contributed by atoms with Crippen molar-refractivity contribution in [2.24, 2.45) is 5.92 Å². The molecule has 264 valence electrons. The van der Waals surface area contributed by atoms with Gasteiger partial charge in [-0.15, -0.1) is 0 Å². The van der Waals surface area contributed by atoms with Crippen LogP contribution in [0.15, 0.2) is 77.9 Å². The quantitative estimate of drug-likeness (QED) is 0.0714. The molecule has 0 saturated heterocycles. The fraction of sp³-hybridized carbons (Fsp3) is 0.250. The standard InChI is InChI=1S/C40H38O11/c1-18(2)4-6-23-28(43)10-9-25(38(23)48)40(50)35-26(22-7-5-20(41)14-30(22)45)12-19(3)13-27(35)36-29(44)11-8-24(39(36)49)33-17-32(47)37-31(46)15-21(42)16-34(37)51-33/h4-5,7-11,13-16,26-27,33,35,41-46,48-49H,6,12,17H2,1-3H3/t26-,27?,33?,35-/m0/s1. The Hall–Kier alpha value is -6.10. The highest BCUT2D eigenvalue weighted by Crippen LogP contribution is 2.54. The summed E-state index contributed by atoms with van der Waals surface area (Å²) in [6.45, 7) is 5.50. The highest BCUT2D eigenvalue weighted by atomic mass is 16.5. The van der Waals surface area contributed by atoms with Crippen molar-refractivity contribution in [1.82, 2.24) is 0 Å². The second-order valence-corrected chi connectivity index (χ2v) is 13.4. The second-order valence-electron chi connectivity index (χ2n) is 13.4. The lowest BCUT2D eigenvalue weighted by Crippen LogP contribution is -2.32. The molecule has 1 aliphatic heterocycles. The molecule has 11 heteroatoms. The van der Waals surface area contributed by atoms with E-state index in [1.54, 1.807) is 19.1 Å². The summed E-state index contributed by atoms with van der Waals surface area (Å²) in [5.74, 6) is -7.04. The van der Waals surface area contributed by atoms with Crippen molar-refractivity contribution in [1.29, 1.82) is 0 Å². The number of benzene rings is 4. The number of carbonyl (C=O) groups is 2. The van der Waals surface area contributed by atoms with Gasteiger partial charge in [0.05, 0.1) is 12.0 Å². The SMILES string of the molecule is CC(C)=CCc1c(O)ccc(C(=O)[C@@H]2C(c3c(O)ccc(C4CC(=O)c5c(O)cc(O)cc5O4)c3O)C=C(C)C[C@H]2c2ccc(O)cc2O)c1O. The van der Waals surface area contributed by atoms with Crippen molar-refractivity contribution in [3.05, 3.63) is 111 Å². The van der Waals surface area contributed by atoms with E-state index in [9.17, 15) is 50.4 Å². The van der Waals surface area contributed by atoms with Crippen molar-refractivity contribution >= 4 is 11.6 Å². The Labute approximate surface area is 293 Å². The Morgan fingerprint density at radius 3 is 2.18 bits per heavy atom. The molecule has 1 heterocycles. The summed E-state index contributed by atoms with van der Waals surface area (Å²) in [5.41, 5.74) is 1.89. The highest BCUT2D eigenvalue weighted by molar-refractivity contribution is 6.03. The number of phenolic OH excluding ortho intramolecular Hbond substituents is 8. The number of aromatic hydroxyl groups is 8. The zero-order valence-corrected chi connectivity index (χ0v) is 28.1. The Balaban J connectivity index is 1.52. The van der Waals surface area contributed by atoms with E-state index >= 15 is 0 Å². The molecule has 1 aliphatic carbocycles. The van der Waals surface area contributed by atoms with Crippen LogP contribution in [0.5, 0.6) is 51.7 Å². The average molecular weight is 695 g/mol. The van der Waals surface area contributed by atoms with Crippen molar-refractivity contribution < 1.29 is 55.2 Å². The van der Waals surface area contributed by atoms with E-state index in [2.05, 4.69) is 0 Å². The minimum atomic E-state index is -1.17. The number of allylic oxidation sites excluding steroid dienone is 4. The Bertz CT molecular complexity index is 2140. The van der Waals surface area contributed by atoms with E-state index in [1.807, 2.05) is 13.8 Å². The maximum Gasteiger partial charge on any atom is 0.174 e. The van der Waals surface area contributed by atoms with Crippen LogP contribution in [0.1, 0.15) is 94.5 Å². The Kier molecular flexibility index (Phi) is 9.07. The Morgan fingerprint density at radius 2 is 1.47 bits per heavy atom. The van der Waals surface area contributed by atoms with Gasteiger partial charge in [0.2, 0.25) is 0 Å². The predicted molar refractivity (Wildman–Crippen MR) is 186 cm³/mol. The van der Waals surface area contributed by atoms with Gasteiger partial charge in [0.1, 0.15) is 63.4 Å². The monoisotopic (exact) mass is 694 g/mol. The van der Waals surface area contributed by atoms with Crippen molar-refractivity contribution in [2.75, 3.05) is 0 Å². The van der Waals surface area contributed by atoms with Crippen molar-refractivity contribution in [2.45, 2.75) is 58.0 Å². The number of rotatable bonds is 7. The van der Waals surface area contributed by atoms with Gasteiger partial charge < -0.3 is 45.6 Å². The molecule has 0 fully saturated rings. The molecular weight excluding hydrogens is 656 g/mol. The van der Waals surface area contributed by atoms with Crippen LogP contribution in [-0.4, -0.2) is 52.4 Å².